The van der Waals surface area contributed by atoms with E-state index in [0.717, 1.165) is 24.9 Å². The molecule has 2 rings (SSSR count). The molecular formula is C14H27Cl2N5O. The third-order valence-corrected chi connectivity index (χ3v) is 4.16. The van der Waals surface area contributed by atoms with Crippen LogP contribution < -0.4 is 10.6 Å². The van der Waals surface area contributed by atoms with E-state index in [0.29, 0.717) is 6.04 Å². The molecule has 3 atom stereocenters. The smallest absolute Gasteiger partial charge is 0.242 e. The average Bonchev–Trinajstić information content (AvgIpc) is 2.81. The van der Waals surface area contributed by atoms with Crippen LogP contribution in [0.5, 0.6) is 0 Å². The highest BCUT2D eigenvalue weighted by Gasteiger charge is 2.27. The predicted molar refractivity (Wildman–Crippen MR) is 92.8 cm³/mol. The molecule has 1 amide bonds. The van der Waals surface area contributed by atoms with Crippen LogP contribution >= 0.6 is 24.8 Å². The number of likely N-dealkylation sites (N-methyl/N-ethyl adjacent to an activating group) is 1. The van der Waals surface area contributed by atoms with Gasteiger partial charge in [0.1, 0.15) is 6.04 Å². The van der Waals surface area contributed by atoms with Gasteiger partial charge < -0.3 is 15.5 Å². The molecule has 128 valence electrons. The van der Waals surface area contributed by atoms with Crippen molar-refractivity contribution in [1.82, 2.24) is 25.3 Å². The van der Waals surface area contributed by atoms with Gasteiger partial charge in [-0.15, -0.1) is 24.8 Å². The van der Waals surface area contributed by atoms with Gasteiger partial charge in [0.05, 0.1) is 6.20 Å². The summed E-state index contributed by atoms with van der Waals surface area (Å²) in [4.78, 5) is 14.7. The average molecular weight is 352 g/mol. The Labute approximate surface area is 144 Å². The Kier molecular flexibility index (Phi) is 9.00. The van der Waals surface area contributed by atoms with Crippen molar-refractivity contribution < 1.29 is 4.79 Å². The van der Waals surface area contributed by atoms with Crippen molar-refractivity contribution in [2.24, 2.45) is 7.05 Å². The van der Waals surface area contributed by atoms with Crippen molar-refractivity contribution >= 4 is 30.7 Å². The van der Waals surface area contributed by atoms with Gasteiger partial charge in [-0.3, -0.25) is 9.48 Å². The Hall–Kier alpha value is -0.820. The SMILES string of the molecule is CNC(C(=O)NC1CCN(C)C(C)C1)c1cnn(C)c1.Cl.Cl. The highest BCUT2D eigenvalue weighted by Crippen LogP contribution is 2.17. The number of aromatic nitrogens is 2. The monoisotopic (exact) mass is 351 g/mol. The van der Waals surface area contributed by atoms with E-state index in [1.165, 1.54) is 0 Å². The Morgan fingerprint density at radius 3 is 2.59 bits per heavy atom. The normalized spacial score (nSPS) is 23.1. The Bertz CT molecular complexity index is 468. The van der Waals surface area contributed by atoms with Crippen molar-refractivity contribution in [3.8, 4) is 0 Å². The standard InChI is InChI=1S/C14H25N5O.2ClH/c1-10-7-12(5-6-18(10)3)17-14(20)13(15-2)11-8-16-19(4)9-11;;/h8-10,12-13,15H,5-7H2,1-4H3,(H,17,20);2*1H. The Morgan fingerprint density at radius 1 is 1.41 bits per heavy atom. The summed E-state index contributed by atoms with van der Waals surface area (Å²) in [5.41, 5.74) is 0.897. The summed E-state index contributed by atoms with van der Waals surface area (Å²) in [5.74, 6) is 0.0299. The molecule has 1 saturated heterocycles. The third kappa shape index (κ3) is 5.12. The minimum absolute atomic E-state index is 0. The van der Waals surface area contributed by atoms with Crippen LogP contribution in [0.25, 0.3) is 0 Å². The van der Waals surface area contributed by atoms with E-state index in [9.17, 15) is 4.79 Å². The molecule has 1 aromatic rings. The minimum Gasteiger partial charge on any atom is -0.352 e. The van der Waals surface area contributed by atoms with Crippen LogP contribution in [0.2, 0.25) is 0 Å². The van der Waals surface area contributed by atoms with Crippen molar-refractivity contribution in [2.45, 2.75) is 37.9 Å². The van der Waals surface area contributed by atoms with E-state index in [4.69, 9.17) is 0 Å². The fourth-order valence-corrected chi connectivity index (χ4v) is 2.74. The number of amides is 1. The first-order valence-electron chi connectivity index (χ1n) is 7.17. The fraction of sp³-hybridized carbons (Fsp3) is 0.714. The summed E-state index contributed by atoms with van der Waals surface area (Å²) in [6, 6.07) is 0.445. The van der Waals surface area contributed by atoms with Gasteiger partial charge in [-0.05, 0) is 33.9 Å². The van der Waals surface area contributed by atoms with Gasteiger partial charge in [0, 0.05) is 37.4 Å². The first-order chi connectivity index (χ1) is 9.51. The molecule has 6 nitrogen and oxygen atoms in total. The lowest BCUT2D eigenvalue weighted by Crippen LogP contribution is -2.49. The molecule has 3 unspecified atom stereocenters. The van der Waals surface area contributed by atoms with Gasteiger partial charge in [-0.2, -0.15) is 5.10 Å². The molecule has 2 heterocycles. The summed E-state index contributed by atoms with van der Waals surface area (Å²) < 4.78 is 1.71. The third-order valence-electron chi connectivity index (χ3n) is 4.16. The fourth-order valence-electron chi connectivity index (χ4n) is 2.74. The Morgan fingerprint density at radius 2 is 2.09 bits per heavy atom. The van der Waals surface area contributed by atoms with E-state index in [1.54, 1.807) is 17.9 Å². The van der Waals surface area contributed by atoms with Gasteiger partial charge in [0.15, 0.2) is 0 Å². The molecule has 1 aliphatic rings. The zero-order valence-electron chi connectivity index (χ0n) is 13.6. The number of nitrogens with one attached hydrogen (secondary N) is 2. The second-order valence-corrected chi connectivity index (χ2v) is 5.73. The number of hydrogen-bond donors (Lipinski definition) is 2. The molecular weight excluding hydrogens is 325 g/mol. The van der Waals surface area contributed by atoms with Crippen molar-refractivity contribution in [1.29, 1.82) is 0 Å². The second-order valence-electron chi connectivity index (χ2n) is 5.73. The molecule has 22 heavy (non-hydrogen) atoms. The molecule has 1 aromatic heterocycles. The zero-order chi connectivity index (χ0) is 14.7. The van der Waals surface area contributed by atoms with Crippen LogP contribution in [0.4, 0.5) is 0 Å². The Balaban J connectivity index is 0.00000220. The number of halogens is 2. The minimum atomic E-state index is -0.335. The summed E-state index contributed by atoms with van der Waals surface area (Å²) in [6.45, 7) is 3.23. The maximum Gasteiger partial charge on any atom is 0.242 e. The topological polar surface area (TPSA) is 62.2 Å². The van der Waals surface area contributed by atoms with Gasteiger partial charge in [-0.25, -0.2) is 0 Å². The van der Waals surface area contributed by atoms with Crippen molar-refractivity contribution in [3.05, 3.63) is 18.0 Å². The number of hydrogen-bond acceptors (Lipinski definition) is 4. The van der Waals surface area contributed by atoms with Gasteiger partial charge >= 0.3 is 0 Å². The van der Waals surface area contributed by atoms with Crippen LogP contribution in [-0.2, 0) is 11.8 Å². The zero-order valence-corrected chi connectivity index (χ0v) is 15.2. The maximum atomic E-state index is 12.4. The number of nitrogens with zero attached hydrogens (tertiary/aromatic N) is 3. The van der Waals surface area contributed by atoms with E-state index >= 15 is 0 Å². The summed E-state index contributed by atoms with van der Waals surface area (Å²) in [7, 11) is 5.79. The van der Waals surface area contributed by atoms with Crippen LogP contribution in [0, 0.1) is 0 Å². The van der Waals surface area contributed by atoms with Crippen LogP contribution in [0.1, 0.15) is 31.4 Å². The quantitative estimate of drug-likeness (QED) is 0.853. The molecule has 0 saturated carbocycles. The summed E-state index contributed by atoms with van der Waals surface area (Å²) >= 11 is 0. The molecule has 1 fully saturated rings. The van der Waals surface area contributed by atoms with Gasteiger partial charge in [-0.1, -0.05) is 0 Å². The molecule has 0 aliphatic carbocycles. The highest BCUT2D eigenvalue weighted by molar-refractivity contribution is 5.85. The van der Waals surface area contributed by atoms with Crippen LogP contribution in [-0.4, -0.2) is 53.3 Å². The van der Waals surface area contributed by atoms with E-state index in [1.807, 2.05) is 13.2 Å². The number of carbonyl (C=O) groups excluding carboxylic acids is 1. The maximum absolute atomic E-state index is 12.4. The molecule has 2 N–H and O–H groups in total. The lowest BCUT2D eigenvalue weighted by atomic mass is 9.98. The predicted octanol–water partition coefficient (Wildman–Crippen LogP) is 1.12. The lowest BCUT2D eigenvalue weighted by Gasteiger charge is -2.35. The molecule has 0 aromatic carbocycles. The van der Waals surface area contributed by atoms with E-state index in [2.05, 4.69) is 34.6 Å². The van der Waals surface area contributed by atoms with Crippen LogP contribution in [0.3, 0.4) is 0 Å². The van der Waals surface area contributed by atoms with Crippen molar-refractivity contribution in [3.63, 3.8) is 0 Å². The second kappa shape index (κ2) is 9.35. The molecule has 1 aliphatic heterocycles. The molecule has 0 bridgehead atoms. The number of likely N-dealkylation sites (tertiary alicyclic amines) is 1. The summed E-state index contributed by atoms with van der Waals surface area (Å²) in [6.07, 6.45) is 5.62. The van der Waals surface area contributed by atoms with Gasteiger partial charge in [0.2, 0.25) is 5.91 Å². The first kappa shape index (κ1) is 21.2. The highest BCUT2D eigenvalue weighted by atomic mass is 35.5. The lowest BCUT2D eigenvalue weighted by molar-refractivity contribution is -0.124. The summed E-state index contributed by atoms with van der Waals surface area (Å²) in [5, 5.41) is 10.4. The largest absolute Gasteiger partial charge is 0.352 e. The van der Waals surface area contributed by atoms with Crippen LogP contribution in [0.15, 0.2) is 12.4 Å². The number of aryl methyl sites for hydroxylation is 1. The van der Waals surface area contributed by atoms with Crippen molar-refractivity contribution in [2.75, 3.05) is 20.6 Å². The number of piperidine rings is 1. The van der Waals surface area contributed by atoms with E-state index < -0.39 is 0 Å². The molecule has 8 heteroatoms. The van der Waals surface area contributed by atoms with Gasteiger partial charge in [0.25, 0.3) is 0 Å². The van der Waals surface area contributed by atoms with E-state index in [-0.39, 0.29) is 42.8 Å². The number of rotatable bonds is 4. The number of carbonyl (C=O) groups is 1. The molecule has 0 spiro atoms. The first-order valence-corrected chi connectivity index (χ1v) is 7.17. The molecule has 0 radical (unpaired) electrons.